The zero-order chi connectivity index (χ0) is 19.3. The lowest BCUT2D eigenvalue weighted by Crippen LogP contribution is -2.16. The number of nitrogens with zero attached hydrogens (tertiary/aromatic N) is 5. The molecule has 0 unspecified atom stereocenters. The van der Waals surface area contributed by atoms with Crippen LogP contribution in [0.4, 0.5) is 5.82 Å². The van der Waals surface area contributed by atoms with Gasteiger partial charge in [0.05, 0.1) is 15.9 Å². The number of aryl methyl sites for hydroxylation is 4. The van der Waals surface area contributed by atoms with Gasteiger partial charge in [-0.25, -0.2) is 4.98 Å². The quantitative estimate of drug-likeness (QED) is 0.577. The van der Waals surface area contributed by atoms with Crippen molar-refractivity contribution in [1.29, 1.82) is 0 Å². The Hall–Kier alpha value is -3.00. The summed E-state index contributed by atoms with van der Waals surface area (Å²) in [5, 5.41) is 12.4. The van der Waals surface area contributed by atoms with E-state index in [2.05, 4.69) is 27.6 Å². The van der Waals surface area contributed by atoms with Crippen LogP contribution in [0.2, 0.25) is 0 Å². The normalized spacial score (nSPS) is 13.6. The van der Waals surface area contributed by atoms with Crippen LogP contribution in [-0.4, -0.2) is 30.5 Å². The van der Waals surface area contributed by atoms with E-state index >= 15 is 0 Å². The van der Waals surface area contributed by atoms with E-state index in [1.165, 1.54) is 24.0 Å². The molecule has 0 spiro atoms. The van der Waals surface area contributed by atoms with Crippen LogP contribution in [0.1, 0.15) is 40.2 Å². The van der Waals surface area contributed by atoms with Crippen LogP contribution in [0, 0.1) is 6.92 Å². The third-order valence-electron chi connectivity index (χ3n) is 5.04. The molecule has 0 fully saturated rings. The van der Waals surface area contributed by atoms with Crippen LogP contribution >= 0.6 is 11.3 Å². The lowest BCUT2D eigenvalue weighted by atomic mass is 9.92. The number of benzene rings is 1. The largest absolute Gasteiger partial charge is 0.305 e. The van der Waals surface area contributed by atoms with E-state index in [-0.39, 0.29) is 5.91 Å². The van der Waals surface area contributed by atoms with Crippen molar-refractivity contribution in [1.82, 2.24) is 24.5 Å². The lowest BCUT2D eigenvalue weighted by molar-refractivity contribution is 0.102. The molecule has 0 aliphatic heterocycles. The summed E-state index contributed by atoms with van der Waals surface area (Å²) in [6.07, 6.45) is 6.52. The van der Waals surface area contributed by atoms with Crippen molar-refractivity contribution in [3.8, 4) is 5.13 Å². The highest BCUT2D eigenvalue weighted by Gasteiger charge is 2.18. The summed E-state index contributed by atoms with van der Waals surface area (Å²) in [6, 6.07) is 8.02. The molecule has 1 aromatic carbocycles. The van der Waals surface area contributed by atoms with Crippen molar-refractivity contribution in [3.63, 3.8) is 0 Å². The van der Waals surface area contributed by atoms with Gasteiger partial charge in [-0.1, -0.05) is 11.3 Å². The van der Waals surface area contributed by atoms with Crippen LogP contribution in [-0.2, 0) is 19.9 Å². The minimum atomic E-state index is -0.265. The van der Waals surface area contributed by atoms with Crippen molar-refractivity contribution >= 4 is 33.3 Å². The van der Waals surface area contributed by atoms with Gasteiger partial charge in [0, 0.05) is 19.3 Å². The Balaban J connectivity index is 1.52. The highest BCUT2D eigenvalue weighted by molar-refractivity contribution is 7.20. The van der Waals surface area contributed by atoms with E-state index < -0.39 is 0 Å². The Kier molecular flexibility index (Phi) is 4.01. The van der Waals surface area contributed by atoms with Crippen molar-refractivity contribution in [3.05, 3.63) is 53.0 Å². The van der Waals surface area contributed by atoms with Crippen molar-refractivity contribution in [2.45, 2.75) is 32.6 Å². The SMILES string of the molecule is Cc1cc(NC(=O)c2ccn(C)n2)n(-c2nc3cc4c(cc3s2)CCCC4)n1. The monoisotopic (exact) mass is 392 g/mol. The van der Waals surface area contributed by atoms with Crippen LogP contribution in [0.5, 0.6) is 0 Å². The standard InChI is InChI=1S/C20H20N6OS/c1-12-9-18(22-19(27)15-7-8-25(2)24-15)26(23-12)20-21-16-10-13-5-3-4-6-14(13)11-17(16)28-20/h7-11H,3-6H2,1-2H3,(H,22,27). The molecule has 3 heterocycles. The van der Waals surface area contributed by atoms with Gasteiger partial charge in [0.15, 0.2) is 5.69 Å². The Labute approximate surface area is 166 Å². The van der Waals surface area contributed by atoms with Crippen molar-refractivity contribution in [2.75, 3.05) is 5.32 Å². The molecule has 1 aliphatic rings. The number of anilines is 1. The van der Waals surface area contributed by atoms with E-state index in [4.69, 9.17) is 4.98 Å². The number of fused-ring (bicyclic) bond motifs is 2. The number of hydrogen-bond donors (Lipinski definition) is 1. The summed E-state index contributed by atoms with van der Waals surface area (Å²) < 4.78 is 4.47. The molecule has 0 saturated carbocycles. The molecule has 0 bridgehead atoms. The van der Waals surface area contributed by atoms with Gasteiger partial charge in [0.25, 0.3) is 5.91 Å². The first-order valence-electron chi connectivity index (χ1n) is 9.37. The van der Waals surface area contributed by atoms with Gasteiger partial charge in [0.2, 0.25) is 5.13 Å². The number of carbonyl (C=O) groups excluding carboxylic acids is 1. The molecule has 8 heteroatoms. The molecule has 1 amide bonds. The first-order valence-corrected chi connectivity index (χ1v) is 10.2. The first-order chi connectivity index (χ1) is 13.6. The fraction of sp³-hybridized carbons (Fsp3) is 0.300. The number of thiazole rings is 1. The molecule has 142 valence electrons. The number of aromatic nitrogens is 5. The third-order valence-corrected chi connectivity index (χ3v) is 6.04. The Morgan fingerprint density at radius 1 is 1.14 bits per heavy atom. The van der Waals surface area contributed by atoms with Gasteiger partial charge in [0.1, 0.15) is 5.82 Å². The summed E-state index contributed by atoms with van der Waals surface area (Å²) in [7, 11) is 1.78. The maximum absolute atomic E-state index is 12.5. The third kappa shape index (κ3) is 2.99. The van der Waals surface area contributed by atoms with E-state index in [9.17, 15) is 4.79 Å². The second kappa shape index (κ2) is 6.56. The average Bonchev–Trinajstić information content (AvgIpc) is 3.37. The predicted octanol–water partition coefficient (Wildman–Crippen LogP) is 3.66. The molecule has 4 aromatic rings. The summed E-state index contributed by atoms with van der Waals surface area (Å²) in [5.41, 5.74) is 5.03. The smallest absolute Gasteiger partial charge is 0.277 e. The van der Waals surface area contributed by atoms with E-state index in [1.54, 1.807) is 40.0 Å². The van der Waals surface area contributed by atoms with Crippen LogP contribution in [0.25, 0.3) is 15.3 Å². The van der Waals surface area contributed by atoms with Gasteiger partial charge in [-0.15, -0.1) is 0 Å². The second-order valence-corrected chi connectivity index (χ2v) is 8.21. The minimum absolute atomic E-state index is 0.265. The summed E-state index contributed by atoms with van der Waals surface area (Å²) >= 11 is 1.60. The Morgan fingerprint density at radius 3 is 2.68 bits per heavy atom. The highest BCUT2D eigenvalue weighted by atomic mass is 32.1. The molecule has 1 N–H and O–H groups in total. The predicted molar refractivity (Wildman–Crippen MR) is 109 cm³/mol. The van der Waals surface area contributed by atoms with E-state index in [1.807, 2.05) is 13.0 Å². The number of hydrogen-bond acceptors (Lipinski definition) is 5. The van der Waals surface area contributed by atoms with Crippen molar-refractivity contribution in [2.24, 2.45) is 7.05 Å². The molecule has 1 aliphatic carbocycles. The molecule has 0 radical (unpaired) electrons. The fourth-order valence-corrected chi connectivity index (χ4v) is 4.66. The molecular weight excluding hydrogens is 372 g/mol. The highest BCUT2D eigenvalue weighted by Crippen LogP contribution is 2.32. The van der Waals surface area contributed by atoms with Gasteiger partial charge in [-0.2, -0.15) is 14.9 Å². The zero-order valence-corrected chi connectivity index (χ0v) is 16.6. The maximum Gasteiger partial charge on any atom is 0.277 e. The van der Waals surface area contributed by atoms with E-state index in [0.717, 1.165) is 33.9 Å². The number of carbonyl (C=O) groups is 1. The molecular formula is C20H20N6OS. The van der Waals surface area contributed by atoms with E-state index in [0.29, 0.717) is 11.5 Å². The molecule has 0 saturated heterocycles. The topological polar surface area (TPSA) is 77.6 Å². The van der Waals surface area contributed by atoms with Crippen molar-refractivity contribution < 1.29 is 4.79 Å². The van der Waals surface area contributed by atoms with Crippen LogP contribution < -0.4 is 5.32 Å². The lowest BCUT2D eigenvalue weighted by Gasteiger charge is -2.14. The maximum atomic E-state index is 12.5. The molecule has 5 rings (SSSR count). The Morgan fingerprint density at radius 2 is 1.93 bits per heavy atom. The second-order valence-electron chi connectivity index (χ2n) is 7.20. The summed E-state index contributed by atoms with van der Waals surface area (Å²) in [4.78, 5) is 17.3. The minimum Gasteiger partial charge on any atom is -0.305 e. The average molecular weight is 392 g/mol. The molecule has 0 atom stereocenters. The van der Waals surface area contributed by atoms with Gasteiger partial charge >= 0.3 is 0 Å². The number of nitrogens with one attached hydrogen (secondary N) is 1. The molecule has 28 heavy (non-hydrogen) atoms. The fourth-order valence-electron chi connectivity index (χ4n) is 3.68. The number of rotatable bonds is 3. The van der Waals surface area contributed by atoms with Gasteiger partial charge in [-0.05, 0) is 61.9 Å². The molecule has 3 aromatic heterocycles. The first kappa shape index (κ1) is 17.1. The number of amides is 1. The summed E-state index contributed by atoms with van der Waals surface area (Å²) in [5.74, 6) is 0.329. The molecule has 7 nitrogen and oxygen atoms in total. The zero-order valence-electron chi connectivity index (χ0n) is 15.8. The summed E-state index contributed by atoms with van der Waals surface area (Å²) in [6.45, 7) is 1.90. The Bertz CT molecular complexity index is 1160. The van der Waals surface area contributed by atoms with Gasteiger partial charge in [-0.3, -0.25) is 9.48 Å². The van der Waals surface area contributed by atoms with Gasteiger partial charge < -0.3 is 5.32 Å². The van der Waals surface area contributed by atoms with Crippen LogP contribution in [0.3, 0.4) is 0 Å². The van der Waals surface area contributed by atoms with Crippen LogP contribution in [0.15, 0.2) is 30.5 Å².